The van der Waals surface area contributed by atoms with Crippen LogP contribution in [0, 0.1) is 5.92 Å². The molecule has 0 aliphatic carbocycles. The third-order valence-corrected chi connectivity index (χ3v) is 4.35. The smallest absolute Gasteiger partial charge is 0.335 e. The predicted octanol–water partition coefficient (Wildman–Crippen LogP) is 1.86. The average Bonchev–Trinajstić information content (AvgIpc) is 2.90. The molecule has 6 heteroatoms. The molecule has 0 unspecified atom stereocenters. The van der Waals surface area contributed by atoms with Gasteiger partial charge in [0.2, 0.25) is 0 Å². The van der Waals surface area contributed by atoms with Crippen molar-refractivity contribution in [3.05, 3.63) is 23.8 Å². The Morgan fingerprint density at radius 3 is 2.81 bits per heavy atom. The largest absolute Gasteiger partial charge is 0.478 e. The monoisotopic (exact) mass is 288 g/mol. The van der Waals surface area contributed by atoms with E-state index in [1.165, 1.54) is 12.8 Å². The quantitative estimate of drug-likeness (QED) is 0.929. The summed E-state index contributed by atoms with van der Waals surface area (Å²) in [5.74, 6) is -0.310. The lowest BCUT2D eigenvalue weighted by Crippen LogP contribution is -2.34. The molecule has 1 aromatic carbocycles. The standard InChI is InChI=1S/C15H20N4O2/c1-2-18-7-5-11(6-8-18)10-19-14-4-3-12(15(20)21)9-13(14)16-17-19/h3-4,9,11H,2,5-8,10H2,1H3,(H,20,21). The Morgan fingerprint density at radius 1 is 1.38 bits per heavy atom. The molecule has 1 aliphatic heterocycles. The van der Waals surface area contributed by atoms with Crippen molar-refractivity contribution in [2.45, 2.75) is 26.3 Å². The van der Waals surface area contributed by atoms with Crippen molar-refractivity contribution < 1.29 is 9.90 Å². The van der Waals surface area contributed by atoms with E-state index in [4.69, 9.17) is 5.11 Å². The second-order valence-corrected chi connectivity index (χ2v) is 5.66. The molecule has 2 aromatic rings. The molecule has 6 nitrogen and oxygen atoms in total. The molecular formula is C15H20N4O2. The number of piperidine rings is 1. The molecule has 3 rings (SSSR count). The fourth-order valence-corrected chi connectivity index (χ4v) is 2.97. The Morgan fingerprint density at radius 2 is 2.14 bits per heavy atom. The van der Waals surface area contributed by atoms with E-state index in [2.05, 4.69) is 22.1 Å². The van der Waals surface area contributed by atoms with Crippen LogP contribution in [0.3, 0.4) is 0 Å². The van der Waals surface area contributed by atoms with E-state index in [9.17, 15) is 4.79 Å². The summed E-state index contributed by atoms with van der Waals surface area (Å²) in [5, 5.41) is 17.3. The van der Waals surface area contributed by atoms with Gasteiger partial charge in [-0.1, -0.05) is 12.1 Å². The Bertz CT molecular complexity index is 644. The molecule has 0 bridgehead atoms. The molecule has 0 atom stereocenters. The van der Waals surface area contributed by atoms with Gasteiger partial charge in [-0.15, -0.1) is 5.10 Å². The van der Waals surface area contributed by atoms with Crippen molar-refractivity contribution in [3.8, 4) is 0 Å². The maximum absolute atomic E-state index is 11.0. The van der Waals surface area contributed by atoms with Crippen LogP contribution in [0.4, 0.5) is 0 Å². The fourth-order valence-electron chi connectivity index (χ4n) is 2.97. The Hall–Kier alpha value is -1.95. The highest BCUT2D eigenvalue weighted by Gasteiger charge is 2.20. The number of rotatable bonds is 4. The number of benzene rings is 1. The van der Waals surface area contributed by atoms with Crippen LogP contribution < -0.4 is 0 Å². The van der Waals surface area contributed by atoms with Gasteiger partial charge in [-0.25, -0.2) is 9.48 Å². The van der Waals surface area contributed by atoms with Crippen LogP contribution in [-0.4, -0.2) is 50.6 Å². The van der Waals surface area contributed by atoms with Gasteiger partial charge in [0, 0.05) is 6.54 Å². The van der Waals surface area contributed by atoms with Crippen LogP contribution in [0.1, 0.15) is 30.1 Å². The SMILES string of the molecule is CCN1CCC(Cn2nnc3cc(C(=O)O)ccc32)CC1. The molecule has 1 N–H and O–H groups in total. The maximum Gasteiger partial charge on any atom is 0.335 e. The molecule has 1 aromatic heterocycles. The van der Waals surface area contributed by atoms with E-state index in [1.54, 1.807) is 18.2 Å². The first-order valence-corrected chi connectivity index (χ1v) is 7.46. The summed E-state index contributed by atoms with van der Waals surface area (Å²) in [7, 11) is 0. The molecule has 0 spiro atoms. The highest BCUT2D eigenvalue weighted by atomic mass is 16.4. The van der Waals surface area contributed by atoms with Gasteiger partial charge in [0.1, 0.15) is 5.52 Å². The minimum Gasteiger partial charge on any atom is -0.478 e. The molecule has 112 valence electrons. The summed E-state index contributed by atoms with van der Waals surface area (Å²) in [4.78, 5) is 13.4. The van der Waals surface area contributed by atoms with Crippen molar-refractivity contribution in [2.24, 2.45) is 5.92 Å². The van der Waals surface area contributed by atoms with Gasteiger partial charge in [0.25, 0.3) is 0 Å². The Kier molecular flexibility index (Phi) is 3.88. The van der Waals surface area contributed by atoms with Crippen LogP contribution in [0.5, 0.6) is 0 Å². The topological polar surface area (TPSA) is 71.2 Å². The van der Waals surface area contributed by atoms with Crippen LogP contribution >= 0.6 is 0 Å². The lowest BCUT2D eigenvalue weighted by Gasteiger charge is -2.30. The molecule has 2 heterocycles. The van der Waals surface area contributed by atoms with Gasteiger partial charge in [0.05, 0.1) is 11.1 Å². The maximum atomic E-state index is 11.0. The van der Waals surface area contributed by atoms with Crippen LogP contribution in [0.2, 0.25) is 0 Å². The van der Waals surface area contributed by atoms with E-state index in [0.29, 0.717) is 11.4 Å². The minimum atomic E-state index is -0.932. The predicted molar refractivity (Wildman–Crippen MR) is 79.3 cm³/mol. The first-order chi connectivity index (χ1) is 10.2. The van der Waals surface area contributed by atoms with E-state index in [-0.39, 0.29) is 5.56 Å². The van der Waals surface area contributed by atoms with Crippen molar-refractivity contribution in [3.63, 3.8) is 0 Å². The number of aromatic nitrogens is 3. The normalized spacial score (nSPS) is 17.4. The first-order valence-electron chi connectivity index (χ1n) is 7.46. The minimum absolute atomic E-state index is 0.255. The summed E-state index contributed by atoms with van der Waals surface area (Å²) in [6, 6.07) is 5.00. The number of hydrogen-bond donors (Lipinski definition) is 1. The molecule has 1 fully saturated rings. The van der Waals surface area contributed by atoms with Crippen molar-refractivity contribution in [1.29, 1.82) is 0 Å². The number of nitrogens with zero attached hydrogens (tertiary/aromatic N) is 4. The third kappa shape index (κ3) is 2.90. The van der Waals surface area contributed by atoms with Crippen LogP contribution in [-0.2, 0) is 6.54 Å². The zero-order valence-electron chi connectivity index (χ0n) is 12.2. The lowest BCUT2D eigenvalue weighted by atomic mass is 9.97. The van der Waals surface area contributed by atoms with E-state index in [0.717, 1.165) is 31.7 Å². The van der Waals surface area contributed by atoms with E-state index < -0.39 is 5.97 Å². The molecule has 1 aliphatic rings. The first kappa shape index (κ1) is 14.0. The summed E-state index contributed by atoms with van der Waals surface area (Å²) < 4.78 is 1.91. The number of carbonyl (C=O) groups is 1. The molecule has 0 saturated carbocycles. The van der Waals surface area contributed by atoms with Gasteiger partial charge >= 0.3 is 5.97 Å². The second-order valence-electron chi connectivity index (χ2n) is 5.66. The van der Waals surface area contributed by atoms with Gasteiger partial charge in [0.15, 0.2) is 0 Å². The Labute approximate surface area is 123 Å². The number of aromatic carboxylic acids is 1. The zero-order valence-corrected chi connectivity index (χ0v) is 12.2. The number of fused-ring (bicyclic) bond motifs is 1. The van der Waals surface area contributed by atoms with Gasteiger partial charge in [-0.2, -0.15) is 0 Å². The highest BCUT2D eigenvalue weighted by molar-refractivity contribution is 5.92. The van der Waals surface area contributed by atoms with Gasteiger partial charge in [-0.3, -0.25) is 0 Å². The van der Waals surface area contributed by atoms with Gasteiger partial charge in [-0.05, 0) is 56.6 Å². The van der Waals surface area contributed by atoms with Crippen LogP contribution in [0.25, 0.3) is 11.0 Å². The Balaban J connectivity index is 1.74. The third-order valence-electron chi connectivity index (χ3n) is 4.35. The molecule has 0 amide bonds. The number of hydrogen-bond acceptors (Lipinski definition) is 4. The zero-order chi connectivity index (χ0) is 14.8. The highest BCUT2D eigenvalue weighted by Crippen LogP contribution is 2.21. The van der Waals surface area contributed by atoms with E-state index >= 15 is 0 Å². The molecular weight excluding hydrogens is 268 g/mol. The van der Waals surface area contributed by atoms with E-state index in [1.807, 2.05) is 4.68 Å². The van der Waals surface area contributed by atoms with Crippen LogP contribution in [0.15, 0.2) is 18.2 Å². The lowest BCUT2D eigenvalue weighted by molar-refractivity contribution is 0.0697. The number of likely N-dealkylation sites (tertiary alicyclic amines) is 1. The molecule has 0 radical (unpaired) electrons. The summed E-state index contributed by atoms with van der Waals surface area (Å²) in [6.45, 7) is 6.48. The summed E-state index contributed by atoms with van der Waals surface area (Å²) >= 11 is 0. The van der Waals surface area contributed by atoms with Gasteiger partial charge < -0.3 is 10.0 Å². The molecule has 1 saturated heterocycles. The summed E-state index contributed by atoms with van der Waals surface area (Å²) in [5.41, 5.74) is 1.82. The van der Waals surface area contributed by atoms with Crippen molar-refractivity contribution in [1.82, 2.24) is 19.9 Å². The summed E-state index contributed by atoms with van der Waals surface area (Å²) in [6.07, 6.45) is 2.37. The molecule has 21 heavy (non-hydrogen) atoms. The fraction of sp³-hybridized carbons (Fsp3) is 0.533. The average molecular weight is 288 g/mol. The second kappa shape index (κ2) is 5.81. The van der Waals surface area contributed by atoms with Crippen molar-refractivity contribution in [2.75, 3.05) is 19.6 Å². The number of carboxylic acid groups (broad SMARTS) is 1. The van der Waals surface area contributed by atoms with Crippen molar-refractivity contribution >= 4 is 17.0 Å². The number of carboxylic acids is 1.